The molecule has 8 heteroatoms. The lowest BCUT2D eigenvalue weighted by Gasteiger charge is -2.17. The lowest BCUT2D eigenvalue weighted by atomic mass is 10.2. The molecule has 2 N–H and O–H groups in total. The van der Waals surface area contributed by atoms with Gasteiger partial charge in [-0.3, -0.25) is 10.1 Å². The van der Waals surface area contributed by atoms with Gasteiger partial charge in [0.1, 0.15) is 12.6 Å². The number of rotatable bonds is 6. The van der Waals surface area contributed by atoms with Crippen molar-refractivity contribution in [2.45, 2.75) is 18.0 Å². The third-order valence-corrected chi connectivity index (χ3v) is 6.04. The topological polar surface area (TPSA) is 67.8 Å². The van der Waals surface area contributed by atoms with Crippen molar-refractivity contribution in [3.8, 4) is 11.5 Å². The third-order valence-electron chi connectivity index (χ3n) is 3.93. The molecule has 0 amide bonds. The van der Waals surface area contributed by atoms with E-state index in [0.29, 0.717) is 28.9 Å². The number of hydrogen-bond acceptors (Lipinski definition) is 5. The number of ether oxygens (including phenoxy) is 2. The van der Waals surface area contributed by atoms with Crippen LogP contribution in [-0.4, -0.2) is 30.0 Å². The number of carbonyl (C=O) groups is 1. The molecule has 2 unspecified atom stereocenters. The molecule has 2 aromatic carbocycles. The maximum absolute atomic E-state index is 11.1. The quantitative estimate of drug-likeness (QED) is 0.665. The summed E-state index contributed by atoms with van der Waals surface area (Å²) in [6.45, 7) is 0.378. The van der Waals surface area contributed by atoms with Gasteiger partial charge in [0.05, 0.1) is 17.0 Å². The Bertz CT molecular complexity index is 803. The number of benzene rings is 2. The fraction of sp³-hybridized carbons (Fsp3) is 0.278. The molecule has 0 spiro atoms. The van der Waals surface area contributed by atoms with E-state index in [1.807, 2.05) is 36.4 Å². The van der Waals surface area contributed by atoms with Crippen LogP contribution in [-0.2, 0) is 11.4 Å². The fourth-order valence-electron chi connectivity index (χ4n) is 2.57. The van der Waals surface area contributed by atoms with Gasteiger partial charge in [-0.05, 0) is 51.3 Å². The van der Waals surface area contributed by atoms with Crippen molar-refractivity contribution in [1.82, 2.24) is 5.32 Å². The fourth-order valence-corrected chi connectivity index (χ4v) is 4.49. The monoisotopic (exact) mass is 457 g/mol. The van der Waals surface area contributed by atoms with Crippen LogP contribution in [0.1, 0.15) is 16.5 Å². The van der Waals surface area contributed by atoms with Gasteiger partial charge < -0.3 is 14.6 Å². The van der Waals surface area contributed by atoms with E-state index in [0.717, 1.165) is 15.6 Å². The zero-order valence-electron chi connectivity index (χ0n) is 13.9. The Morgan fingerprint density at radius 3 is 2.73 bits per heavy atom. The molecular weight excluding hydrogens is 442 g/mol. The van der Waals surface area contributed by atoms with E-state index in [9.17, 15) is 4.79 Å². The predicted octanol–water partition coefficient (Wildman–Crippen LogP) is 4.48. The molecule has 26 heavy (non-hydrogen) atoms. The number of aliphatic carboxylic acids is 1. The number of carboxylic acid groups (broad SMARTS) is 1. The van der Waals surface area contributed by atoms with Crippen LogP contribution in [0.5, 0.6) is 11.5 Å². The van der Waals surface area contributed by atoms with Gasteiger partial charge in [-0.25, -0.2) is 0 Å². The molecule has 3 rings (SSSR count). The highest BCUT2D eigenvalue weighted by Gasteiger charge is 2.31. The van der Waals surface area contributed by atoms with Crippen LogP contribution in [0.25, 0.3) is 0 Å². The second kappa shape index (κ2) is 8.52. The number of nitrogens with one attached hydrogen (secondary N) is 1. The summed E-state index contributed by atoms with van der Waals surface area (Å²) in [7, 11) is 1.58. The van der Waals surface area contributed by atoms with Gasteiger partial charge in [0.2, 0.25) is 0 Å². The van der Waals surface area contributed by atoms with Gasteiger partial charge in [0.25, 0.3) is 0 Å². The first-order chi connectivity index (χ1) is 12.5. The average Bonchev–Trinajstić information content (AvgIpc) is 3.12. The molecule has 1 aliphatic heterocycles. The van der Waals surface area contributed by atoms with Gasteiger partial charge in [-0.15, -0.1) is 11.8 Å². The first kappa shape index (κ1) is 19.4. The number of carboxylic acids is 1. The van der Waals surface area contributed by atoms with Crippen molar-refractivity contribution in [2.75, 3.05) is 12.9 Å². The highest BCUT2D eigenvalue weighted by atomic mass is 79.9. The zero-order valence-corrected chi connectivity index (χ0v) is 17.0. The lowest BCUT2D eigenvalue weighted by Crippen LogP contribution is -2.33. The van der Waals surface area contributed by atoms with E-state index in [4.69, 9.17) is 26.2 Å². The normalized spacial score (nSPS) is 19.3. The molecule has 0 bridgehead atoms. The predicted molar refractivity (Wildman–Crippen MR) is 106 cm³/mol. The number of thioether (sulfide) groups is 1. The largest absolute Gasteiger partial charge is 0.493 e. The Kier molecular flexibility index (Phi) is 6.34. The van der Waals surface area contributed by atoms with Crippen LogP contribution < -0.4 is 14.8 Å². The van der Waals surface area contributed by atoms with Crippen LogP contribution >= 0.6 is 39.3 Å². The minimum Gasteiger partial charge on any atom is -0.493 e. The first-order valence-corrected chi connectivity index (χ1v) is 10.0. The summed E-state index contributed by atoms with van der Waals surface area (Å²) in [6, 6.07) is 10.7. The Labute approximate surface area is 169 Å². The van der Waals surface area contributed by atoms with Crippen LogP contribution in [0.4, 0.5) is 0 Å². The van der Waals surface area contributed by atoms with E-state index < -0.39 is 12.0 Å². The summed E-state index contributed by atoms with van der Waals surface area (Å²) in [4.78, 5) is 11.1. The van der Waals surface area contributed by atoms with E-state index in [2.05, 4.69) is 21.2 Å². The Morgan fingerprint density at radius 1 is 1.38 bits per heavy atom. The van der Waals surface area contributed by atoms with Gasteiger partial charge in [-0.1, -0.05) is 23.7 Å². The maximum Gasteiger partial charge on any atom is 0.321 e. The summed E-state index contributed by atoms with van der Waals surface area (Å²) in [6.07, 6.45) is 0. The minimum atomic E-state index is -0.839. The Balaban J connectivity index is 1.77. The van der Waals surface area contributed by atoms with Gasteiger partial charge in [-0.2, -0.15) is 0 Å². The number of methoxy groups -OCH3 is 1. The van der Waals surface area contributed by atoms with Crippen LogP contribution in [0, 0.1) is 0 Å². The molecule has 0 aromatic heterocycles. The Hall–Kier alpha value is -1.41. The second-order valence-electron chi connectivity index (χ2n) is 5.72. The first-order valence-electron chi connectivity index (χ1n) is 7.83. The lowest BCUT2D eigenvalue weighted by molar-refractivity contribution is -0.138. The van der Waals surface area contributed by atoms with Gasteiger partial charge in [0.15, 0.2) is 11.5 Å². The van der Waals surface area contributed by atoms with Crippen molar-refractivity contribution in [2.24, 2.45) is 0 Å². The molecule has 0 saturated carbocycles. The standard InChI is InChI=1S/C18H17BrClNO4S/c1-24-15-7-11(17-21-14(9-26-17)18(22)23)6-13(19)16(15)25-8-10-2-4-12(20)5-3-10/h2-7,14,17,21H,8-9H2,1H3,(H,22,23). The molecule has 2 aromatic rings. The van der Waals surface area contributed by atoms with Crippen molar-refractivity contribution in [3.05, 3.63) is 57.0 Å². The van der Waals surface area contributed by atoms with E-state index in [1.54, 1.807) is 18.9 Å². The molecule has 1 aliphatic rings. The third kappa shape index (κ3) is 4.46. The summed E-state index contributed by atoms with van der Waals surface area (Å²) in [5.74, 6) is 0.872. The summed E-state index contributed by atoms with van der Waals surface area (Å²) < 4.78 is 12.2. The van der Waals surface area contributed by atoms with Crippen molar-refractivity contribution < 1.29 is 19.4 Å². The van der Waals surface area contributed by atoms with Crippen molar-refractivity contribution in [1.29, 1.82) is 0 Å². The van der Waals surface area contributed by atoms with Crippen LogP contribution in [0.15, 0.2) is 40.9 Å². The second-order valence-corrected chi connectivity index (χ2v) is 8.15. The average molecular weight is 459 g/mol. The molecule has 2 atom stereocenters. The molecule has 138 valence electrons. The molecule has 5 nitrogen and oxygen atoms in total. The highest BCUT2D eigenvalue weighted by molar-refractivity contribution is 9.10. The Morgan fingerprint density at radius 2 is 2.12 bits per heavy atom. The summed E-state index contributed by atoms with van der Waals surface area (Å²) in [5.41, 5.74) is 1.92. The summed E-state index contributed by atoms with van der Waals surface area (Å²) in [5, 5.41) is 12.8. The molecule has 1 fully saturated rings. The minimum absolute atomic E-state index is 0.105. The highest BCUT2D eigenvalue weighted by Crippen LogP contribution is 2.42. The molecule has 1 saturated heterocycles. The number of halogens is 2. The number of hydrogen-bond donors (Lipinski definition) is 2. The van der Waals surface area contributed by atoms with E-state index >= 15 is 0 Å². The molecule has 0 radical (unpaired) electrons. The zero-order chi connectivity index (χ0) is 18.7. The van der Waals surface area contributed by atoms with Gasteiger partial charge in [0, 0.05) is 10.8 Å². The van der Waals surface area contributed by atoms with Gasteiger partial charge >= 0.3 is 5.97 Å². The smallest absolute Gasteiger partial charge is 0.321 e. The maximum atomic E-state index is 11.1. The van der Waals surface area contributed by atoms with E-state index in [-0.39, 0.29) is 5.37 Å². The summed E-state index contributed by atoms with van der Waals surface area (Å²) >= 11 is 11.0. The molecular formula is C18H17BrClNO4S. The van der Waals surface area contributed by atoms with Crippen molar-refractivity contribution in [3.63, 3.8) is 0 Å². The van der Waals surface area contributed by atoms with Crippen molar-refractivity contribution >= 4 is 45.3 Å². The molecule has 0 aliphatic carbocycles. The van der Waals surface area contributed by atoms with Crippen LogP contribution in [0.3, 0.4) is 0 Å². The molecule has 1 heterocycles. The van der Waals surface area contributed by atoms with E-state index in [1.165, 1.54) is 0 Å². The van der Waals surface area contributed by atoms with Crippen LogP contribution in [0.2, 0.25) is 5.02 Å². The SMILES string of the molecule is COc1cc(C2NC(C(=O)O)CS2)cc(Br)c1OCc1ccc(Cl)cc1.